The number of aryl methyl sites for hydroxylation is 1. The molecule has 0 unspecified atom stereocenters. The summed E-state index contributed by atoms with van der Waals surface area (Å²) in [7, 11) is 3.27. The maximum absolute atomic E-state index is 13.0. The van der Waals surface area contributed by atoms with Crippen LogP contribution >= 0.6 is 11.8 Å². The predicted octanol–water partition coefficient (Wildman–Crippen LogP) is 4.81. The van der Waals surface area contributed by atoms with Gasteiger partial charge in [0.25, 0.3) is 5.56 Å². The lowest BCUT2D eigenvalue weighted by Crippen LogP contribution is -2.23. The lowest BCUT2D eigenvalue weighted by molar-refractivity contribution is 0.354. The Balaban J connectivity index is 1.97. The third-order valence-electron chi connectivity index (χ3n) is 4.76. The lowest BCUT2D eigenvalue weighted by Gasteiger charge is -2.15. The summed E-state index contributed by atoms with van der Waals surface area (Å²) >= 11 is 1.58. The molecule has 6 heteroatoms. The minimum absolute atomic E-state index is 0.0329. The van der Waals surface area contributed by atoms with Crippen molar-refractivity contribution < 1.29 is 9.47 Å². The van der Waals surface area contributed by atoms with Crippen LogP contribution in [0.1, 0.15) is 30.9 Å². The van der Waals surface area contributed by atoms with Crippen LogP contribution in [0.4, 0.5) is 0 Å². The molecule has 0 atom stereocenters. The molecule has 0 aliphatic carbocycles. The lowest BCUT2D eigenvalue weighted by atomic mass is 10.1. The van der Waals surface area contributed by atoms with Crippen LogP contribution in [-0.4, -0.2) is 23.8 Å². The van der Waals surface area contributed by atoms with E-state index in [1.807, 2.05) is 41.0 Å². The Morgan fingerprint density at radius 3 is 2.54 bits per heavy atom. The van der Waals surface area contributed by atoms with Crippen LogP contribution in [0.25, 0.3) is 10.9 Å². The summed E-state index contributed by atoms with van der Waals surface area (Å²) < 4.78 is 12.6. The van der Waals surface area contributed by atoms with Gasteiger partial charge < -0.3 is 9.47 Å². The van der Waals surface area contributed by atoms with E-state index in [0.717, 1.165) is 40.4 Å². The third kappa shape index (κ3) is 4.17. The number of fused-ring (bicyclic) bond motifs is 1. The van der Waals surface area contributed by atoms with Crippen molar-refractivity contribution in [1.82, 2.24) is 9.55 Å². The largest absolute Gasteiger partial charge is 0.493 e. The Morgan fingerprint density at radius 1 is 1.11 bits per heavy atom. The first-order chi connectivity index (χ1) is 13.6. The van der Waals surface area contributed by atoms with Gasteiger partial charge in [-0.3, -0.25) is 9.36 Å². The smallest absolute Gasteiger partial charge is 0.262 e. The average molecular weight is 399 g/mol. The summed E-state index contributed by atoms with van der Waals surface area (Å²) in [5.74, 6) is 2.12. The molecule has 0 bridgehead atoms. The number of aromatic nitrogens is 2. The van der Waals surface area contributed by atoms with E-state index in [9.17, 15) is 4.79 Å². The van der Waals surface area contributed by atoms with Crippen molar-refractivity contribution in [2.45, 2.75) is 44.1 Å². The monoisotopic (exact) mass is 398 g/mol. The summed E-state index contributed by atoms with van der Waals surface area (Å²) in [6.07, 6.45) is 1.97. The number of ether oxygens (including phenoxy) is 2. The van der Waals surface area contributed by atoms with Gasteiger partial charge in [-0.15, -0.1) is 0 Å². The van der Waals surface area contributed by atoms with E-state index in [1.165, 1.54) is 0 Å². The highest BCUT2D eigenvalue weighted by atomic mass is 32.2. The quantitative estimate of drug-likeness (QED) is 0.402. The van der Waals surface area contributed by atoms with Crippen molar-refractivity contribution in [3.05, 3.63) is 57.9 Å². The summed E-state index contributed by atoms with van der Waals surface area (Å²) in [4.78, 5) is 17.8. The second-order valence-corrected chi connectivity index (χ2v) is 7.59. The van der Waals surface area contributed by atoms with Gasteiger partial charge in [0.1, 0.15) is 0 Å². The van der Waals surface area contributed by atoms with Crippen molar-refractivity contribution in [2.75, 3.05) is 14.2 Å². The van der Waals surface area contributed by atoms with E-state index in [2.05, 4.69) is 13.8 Å². The maximum Gasteiger partial charge on any atom is 0.262 e. The first kappa shape index (κ1) is 20.3. The van der Waals surface area contributed by atoms with Crippen molar-refractivity contribution >= 4 is 22.7 Å². The highest BCUT2D eigenvalue weighted by molar-refractivity contribution is 7.98. The van der Waals surface area contributed by atoms with E-state index in [0.29, 0.717) is 23.4 Å². The Kier molecular flexibility index (Phi) is 6.62. The van der Waals surface area contributed by atoms with Crippen LogP contribution in [0.2, 0.25) is 0 Å². The van der Waals surface area contributed by atoms with Crippen molar-refractivity contribution in [1.29, 1.82) is 0 Å². The number of methoxy groups -OCH3 is 2. The molecular formula is C22H26N2O3S. The second kappa shape index (κ2) is 9.15. The van der Waals surface area contributed by atoms with Gasteiger partial charge in [-0.1, -0.05) is 37.2 Å². The number of benzene rings is 2. The number of hydrogen-bond acceptors (Lipinski definition) is 5. The Bertz CT molecular complexity index is 1030. The average Bonchev–Trinajstić information content (AvgIpc) is 2.72. The number of para-hydroxylation sites is 1. The molecule has 28 heavy (non-hydrogen) atoms. The number of hydrogen-bond donors (Lipinski definition) is 0. The van der Waals surface area contributed by atoms with E-state index in [4.69, 9.17) is 14.5 Å². The Hall–Kier alpha value is -2.47. The molecular weight excluding hydrogens is 372 g/mol. The molecule has 1 heterocycles. The third-order valence-corrected chi connectivity index (χ3v) is 5.79. The van der Waals surface area contributed by atoms with Crippen LogP contribution in [-0.2, 0) is 12.3 Å². The van der Waals surface area contributed by atoms with Gasteiger partial charge >= 0.3 is 0 Å². The molecule has 0 radical (unpaired) electrons. The van der Waals surface area contributed by atoms with Gasteiger partial charge in [0.15, 0.2) is 16.7 Å². The molecule has 0 saturated carbocycles. The highest BCUT2D eigenvalue weighted by Gasteiger charge is 2.13. The molecule has 0 aliphatic rings. The zero-order valence-electron chi connectivity index (χ0n) is 16.8. The first-order valence-electron chi connectivity index (χ1n) is 9.43. The zero-order chi connectivity index (χ0) is 20.1. The molecule has 5 nitrogen and oxygen atoms in total. The maximum atomic E-state index is 13.0. The van der Waals surface area contributed by atoms with Crippen molar-refractivity contribution in [2.24, 2.45) is 0 Å². The first-order valence-corrected chi connectivity index (χ1v) is 10.4. The van der Waals surface area contributed by atoms with E-state index in [1.54, 1.807) is 26.0 Å². The van der Waals surface area contributed by atoms with Crippen LogP contribution in [0, 0.1) is 6.92 Å². The second-order valence-electron chi connectivity index (χ2n) is 6.64. The molecule has 148 valence electrons. The van der Waals surface area contributed by atoms with Gasteiger partial charge in [0, 0.05) is 12.3 Å². The van der Waals surface area contributed by atoms with Crippen LogP contribution in [0.5, 0.6) is 11.5 Å². The van der Waals surface area contributed by atoms with Gasteiger partial charge in [-0.05, 0) is 48.7 Å². The Labute approximate surface area is 169 Å². The van der Waals surface area contributed by atoms with Gasteiger partial charge in [-0.2, -0.15) is 0 Å². The molecule has 2 aromatic carbocycles. The van der Waals surface area contributed by atoms with Crippen LogP contribution < -0.4 is 15.0 Å². The van der Waals surface area contributed by atoms with E-state index >= 15 is 0 Å². The molecule has 3 aromatic rings. The van der Waals surface area contributed by atoms with Crippen molar-refractivity contribution in [3.63, 3.8) is 0 Å². The van der Waals surface area contributed by atoms with Gasteiger partial charge in [0.2, 0.25) is 0 Å². The van der Waals surface area contributed by atoms with Crippen molar-refractivity contribution in [3.8, 4) is 11.5 Å². The summed E-state index contributed by atoms with van der Waals surface area (Å²) in [5.41, 5.74) is 3.03. The molecule has 0 amide bonds. The summed E-state index contributed by atoms with van der Waals surface area (Å²) in [5, 5.41) is 1.43. The minimum atomic E-state index is 0.0329. The molecule has 0 saturated heterocycles. The number of thioether (sulfide) groups is 1. The fraction of sp³-hybridized carbons (Fsp3) is 0.364. The van der Waals surface area contributed by atoms with Crippen LogP contribution in [0.3, 0.4) is 0 Å². The molecule has 3 rings (SSSR count). The molecule has 1 aromatic heterocycles. The topological polar surface area (TPSA) is 53.4 Å². The molecule has 0 fully saturated rings. The van der Waals surface area contributed by atoms with Crippen LogP contribution in [0.15, 0.2) is 46.3 Å². The summed E-state index contributed by atoms with van der Waals surface area (Å²) in [6, 6.07) is 11.5. The normalized spacial score (nSPS) is 11.0. The highest BCUT2D eigenvalue weighted by Crippen LogP contribution is 2.33. The molecule has 0 aliphatic heterocycles. The van der Waals surface area contributed by atoms with Gasteiger partial charge in [0.05, 0.1) is 25.1 Å². The van der Waals surface area contributed by atoms with E-state index in [-0.39, 0.29) is 5.56 Å². The fourth-order valence-corrected chi connectivity index (χ4v) is 4.18. The SMILES string of the molecule is CCCCn1c(SCc2cc(OC)c(OC)cc2C)nc2ccccc2c1=O. The van der Waals surface area contributed by atoms with E-state index < -0.39 is 0 Å². The predicted molar refractivity (Wildman–Crippen MR) is 115 cm³/mol. The number of unbranched alkanes of at least 4 members (excludes halogenated alkanes) is 1. The number of rotatable bonds is 8. The number of nitrogens with zero attached hydrogens (tertiary/aromatic N) is 2. The van der Waals surface area contributed by atoms with Gasteiger partial charge in [-0.25, -0.2) is 4.98 Å². The molecule has 0 N–H and O–H groups in total. The molecule has 0 spiro atoms. The Morgan fingerprint density at radius 2 is 1.82 bits per heavy atom. The fourth-order valence-electron chi connectivity index (χ4n) is 3.09. The standard InChI is InChI=1S/C22H26N2O3S/c1-5-6-11-24-21(25)17-9-7-8-10-18(17)23-22(24)28-14-16-13-20(27-4)19(26-3)12-15(16)2/h7-10,12-13H,5-6,11,14H2,1-4H3. The summed E-state index contributed by atoms with van der Waals surface area (Å²) in [6.45, 7) is 4.86. The minimum Gasteiger partial charge on any atom is -0.493 e. The zero-order valence-corrected chi connectivity index (χ0v) is 17.6.